The number of rotatable bonds is 5. The smallest absolute Gasteiger partial charge is 0.313 e. The van der Waals surface area contributed by atoms with E-state index in [4.69, 9.17) is 4.74 Å². The Morgan fingerprint density at radius 3 is 2.53 bits per heavy atom. The number of hydrogen-bond acceptors (Lipinski definition) is 3. The zero-order valence-electron chi connectivity index (χ0n) is 11.5. The van der Waals surface area contributed by atoms with E-state index >= 15 is 0 Å². The van der Waals surface area contributed by atoms with Gasteiger partial charge in [0.15, 0.2) is 0 Å². The highest BCUT2D eigenvalue weighted by Gasteiger charge is 2.15. The molecular weight excluding hydrogens is 244 g/mol. The second kappa shape index (κ2) is 7.41. The fourth-order valence-electron chi connectivity index (χ4n) is 1.41. The largest absolute Gasteiger partial charge is 0.492 e. The van der Waals surface area contributed by atoms with Gasteiger partial charge in [0, 0.05) is 6.54 Å². The molecule has 0 aromatic heterocycles. The van der Waals surface area contributed by atoms with Gasteiger partial charge in [-0.25, -0.2) is 0 Å². The highest BCUT2D eigenvalue weighted by Crippen LogP contribution is 2.23. The summed E-state index contributed by atoms with van der Waals surface area (Å²) in [6.07, 6.45) is 0. The topological polar surface area (TPSA) is 67.4 Å². The predicted molar refractivity (Wildman–Crippen MR) is 74.1 cm³/mol. The van der Waals surface area contributed by atoms with Crippen molar-refractivity contribution in [3.05, 3.63) is 24.3 Å². The number of hydrogen-bond donors (Lipinski definition) is 2. The van der Waals surface area contributed by atoms with Gasteiger partial charge in [0.05, 0.1) is 12.3 Å². The lowest BCUT2D eigenvalue weighted by Gasteiger charge is -2.11. The van der Waals surface area contributed by atoms with E-state index < -0.39 is 11.8 Å². The molecule has 1 aromatic carbocycles. The van der Waals surface area contributed by atoms with Crippen molar-refractivity contribution in [3.8, 4) is 5.75 Å². The van der Waals surface area contributed by atoms with Crippen LogP contribution in [0.4, 0.5) is 5.69 Å². The third-order valence-electron chi connectivity index (χ3n) is 2.31. The second-order valence-electron chi connectivity index (χ2n) is 4.49. The van der Waals surface area contributed by atoms with Gasteiger partial charge in [0.2, 0.25) is 0 Å². The van der Waals surface area contributed by atoms with Crippen LogP contribution in [0.5, 0.6) is 5.75 Å². The van der Waals surface area contributed by atoms with Crippen LogP contribution in [-0.2, 0) is 9.59 Å². The summed E-state index contributed by atoms with van der Waals surface area (Å²) in [4.78, 5) is 23.3. The predicted octanol–water partition coefficient (Wildman–Crippen LogP) is 1.80. The lowest BCUT2D eigenvalue weighted by Crippen LogP contribution is -2.37. The van der Waals surface area contributed by atoms with Gasteiger partial charge in [-0.05, 0) is 25.0 Å². The Balaban J connectivity index is 2.63. The van der Waals surface area contributed by atoms with Crippen LogP contribution in [0.15, 0.2) is 24.3 Å². The Bertz CT molecular complexity index is 444. The molecule has 1 rings (SSSR count). The van der Waals surface area contributed by atoms with E-state index in [2.05, 4.69) is 10.6 Å². The van der Waals surface area contributed by atoms with Gasteiger partial charge in [0.25, 0.3) is 0 Å². The van der Waals surface area contributed by atoms with Crippen LogP contribution in [0.2, 0.25) is 0 Å². The summed E-state index contributed by atoms with van der Waals surface area (Å²) < 4.78 is 5.37. The van der Waals surface area contributed by atoms with Gasteiger partial charge >= 0.3 is 11.8 Å². The summed E-state index contributed by atoms with van der Waals surface area (Å²) in [5, 5.41) is 5.10. The molecule has 0 spiro atoms. The maximum absolute atomic E-state index is 11.7. The number of amides is 2. The molecule has 104 valence electrons. The number of anilines is 1. The zero-order valence-corrected chi connectivity index (χ0v) is 11.5. The van der Waals surface area contributed by atoms with Crippen molar-refractivity contribution in [2.75, 3.05) is 18.5 Å². The number of para-hydroxylation sites is 2. The first-order valence-electron chi connectivity index (χ1n) is 6.35. The van der Waals surface area contributed by atoms with E-state index in [-0.39, 0.29) is 0 Å². The van der Waals surface area contributed by atoms with Crippen molar-refractivity contribution in [2.24, 2.45) is 5.92 Å². The van der Waals surface area contributed by atoms with E-state index in [1.165, 1.54) is 0 Å². The molecule has 0 radical (unpaired) electrons. The SMILES string of the molecule is CCOc1ccccc1NC(=O)C(=O)NCC(C)C. The maximum Gasteiger partial charge on any atom is 0.313 e. The first-order chi connectivity index (χ1) is 9.04. The molecule has 5 heteroatoms. The van der Waals surface area contributed by atoms with Crippen molar-refractivity contribution < 1.29 is 14.3 Å². The number of ether oxygens (including phenoxy) is 1. The minimum absolute atomic E-state index is 0.299. The van der Waals surface area contributed by atoms with Crippen molar-refractivity contribution in [1.82, 2.24) is 5.32 Å². The van der Waals surface area contributed by atoms with E-state index in [9.17, 15) is 9.59 Å². The fourth-order valence-corrected chi connectivity index (χ4v) is 1.41. The van der Waals surface area contributed by atoms with Gasteiger partial charge < -0.3 is 15.4 Å². The average molecular weight is 264 g/mol. The van der Waals surface area contributed by atoms with Gasteiger partial charge in [0.1, 0.15) is 5.75 Å². The quantitative estimate of drug-likeness (QED) is 0.797. The molecule has 0 fully saturated rings. The molecule has 0 aliphatic rings. The van der Waals surface area contributed by atoms with Crippen LogP contribution in [-0.4, -0.2) is 25.0 Å². The lowest BCUT2D eigenvalue weighted by atomic mass is 10.2. The van der Waals surface area contributed by atoms with Crippen LogP contribution < -0.4 is 15.4 Å². The maximum atomic E-state index is 11.7. The summed E-state index contributed by atoms with van der Waals surface area (Å²) in [5.41, 5.74) is 0.494. The molecule has 0 saturated heterocycles. The third-order valence-corrected chi connectivity index (χ3v) is 2.31. The zero-order chi connectivity index (χ0) is 14.3. The van der Waals surface area contributed by atoms with Crippen molar-refractivity contribution in [2.45, 2.75) is 20.8 Å². The first kappa shape index (κ1) is 15.0. The lowest BCUT2D eigenvalue weighted by molar-refractivity contribution is -0.136. The second-order valence-corrected chi connectivity index (χ2v) is 4.49. The third kappa shape index (κ3) is 4.99. The Labute approximate surface area is 113 Å². The molecule has 0 atom stereocenters. The van der Waals surface area contributed by atoms with E-state index in [1.807, 2.05) is 20.8 Å². The molecule has 19 heavy (non-hydrogen) atoms. The van der Waals surface area contributed by atoms with Crippen LogP contribution >= 0.6 is 0 Å². The van der Waals surface area contributed by atoms with Gasteiger partial charge in [-0.15, -0.1) is 0 Å². The minimum atomic E-state index is -0.687. The Kier molecular flexibility index (Phi) is 5.85. The molecule has 0 aliphatic carbocycles. The number of benzene rings is 1. The molecular formula is C14H20N2O3. The summed E-state index contributed by atoms with van der Waals surface area (Å²) in [7, 11) is 0. The monoisotopic (exact) mass is 264 g/mol. The summed E-state index contributed by atoms with van der Waals surface area (Å²) in [5.74, 6) is -0.477. The van der Waals surface area contributed by atoms with Crippen LogP contribution in [0.1, 0.15) is 20.8 Å². The average Bonchev–Trinajstić information content (AvgIpc) is 2.38. The van der Waals surface area contributed by atoms with Crippen molar-refractivity contribution in [1.29, 1.82) is 0 Å². The summed E-state index contributed by atoms with van der Waals surface area (Å²) in [6, 6.07) is 7.01. The molecule has 2 N–H and O–H groups in total. The van der Waals surface area contributed by atoms with Gasteiger partial charge in [-0.2, -0.15) is 0 Å². The summed E-state index contributed by atoms with van der Waals surface area (Å²) >= 11 is 0. The van der Waals surface area contributed by atoms with Crippen molar-refractivity contribution >= 4 is 17.5 Å². The van der Waals surface area contributed by atoms with Gasteiger partial charge in [-0.3, -0.25) is 9.59 Å². The molecule has 0 unspecified atom stereocenters. The Morgan fingerprint density at radius 1 is 1.21 bits per heavy atom. The van der Waals surface area contributed by atoms with Crippen molar-refractivity contribution in [3.63, 3.8) is 0 Å². The fraction of sp³-hybridized carbons (Fsp3) is 0.429. The number of carbonyl (C=O) groups excluding carboxylic acids is 2. The Morgan fingerprint density at radius 2 is 1.89 bits per heavy atom. The van der Waals surface area contributed by atoms with Crippen LogP contribution in [0.25, 0.3) is 0 Å². The molecule has 0 aliphatic heterocycles. The van der Waals surface area contributed by atoms with E-state index in [0.717, 1.165) is 0 Å². The van der Waals surface area contributed by atoms with E-state index in [0.29, 0.717) is 30.5 Å². The minimum Gasteiger partial charge on any atom is -0.492 e. The van der Waals surface area contributed by atoms with Crippen LogP contribution in [0, 0.1) is 5.92 Å². The van der Waals surface area contributed by atoms with Gasteiger partial charge in [-0.1, -0.05) is 26.0 Å². The number of nitrogens with one attached hydrogen (secondary N) is 2. The first-order valence-corrected chi connectivity index (χ1v) is 6.35. The highest BCUT2D eigenvalue weighted by atomic mass is 16.5. The molecule has 0 bridgehead atoms. The van der Waals surface area contributed by atoms with E-state index in [1.54, 1.807) is 24.3 Å². The van der Waals surface area contributed by atoms with Crippen LogP contribution in [0.3, 0.4) is 0 Å². The molecule has 1 aromatic rings. The Hall–Kier alpha value is -2.04. The molecule has 0 heterocycles. The highest BCUT2D eigenvalue weighted by molar-refractivity contribution is 6.39. The molecule has 0 saturated carbocycles. The number of carbonyl (C=O) groups is 2. The normalized spacial score (nSPS) is 10.1. The molecule has 2 amide bonds. The standard InChI is InChI=1S/C14H20N2O3/c1-4-19-12-8-6-5-7-11(12)16-14(18)13(17)15-9-10(2)3/h5-8,10H,4,9H2,1-3H3,(H,15,17)(H,16,18). The molecule has 5 nitrogen and oxygen atoms in total. The summed E-state index contributed by atoms with van der Waals surface area (Å²) in [6.45, 7) is 6.74.